The molecule has 13 nitrogen and oxygen atoms in total. The molecule has 5 aromatic heterocycles. The van der Waals surface area contributed by atoms with Gasteiger partial charge in [-0.25, -0.2) is 14.8 Å². The van der Waals surface area contributed by atoms with Crippen LogP contribution in [0.1, 0.15) is 5.69 Å². The molecule has 0 aromatic carbocycles. The fraction of sp³-hybridized carbons (Fsp3) is 0.190. The minimum absolute atomic E-state index is 0.127. The largest absolute Gasteiger partial charge is 0.332 e. The first kappa shape index (κ1) is 22.2. The summed E-state index contributed by atoms with van der Waals surface area (Å²) < 4.78 is 4.92. The van der Waals surface area contributed by atoms with Crippen LogP contribution in [0.5, 0.6) is 0 Å². The van der Waals surface area contributed by atoms with E-state index in [0.717, 1.165) is 9.44 Å². The van der Waals surface area contributed by atoms with E-state index < -0.39 is 17.2 Å². The molecule has 0 fully saturated rings. The number of thiophene rings is 1. The molecule has 0 aliphatic carbocycles. The lowest BCUT2D eigenvalue weighted by Crippen LogP contribution is -2.37. The zero-order valence-electron chi connectivity index (χ0n) is 18.8. The normalized spacial score (nSPS) is 11.3. The van der Waals surface area contributed by atoms with E-state index in [1.54, 1.807) is 13.0 Å². The SMILES string of the molecule is Cc1cc(=O)[nH]c(-n2nc(-c3cccs3)cc2NC(=O)Cn2cnc3c2c(=O)n(C)c(=O)n3C)n1. The van der Waals surface area contributed by atoms with Crippen LogP contribution in [0.25, 0.3) is 27.7 Å². The monoisotopic (exact) mass is 493 g/mol. The quantitative estimate of drug-likeness (QED) is 0.359. The number of carbonyl (C=O) groups excluding carboxylic acids is 1. The molecule has 14 heteroatoms. The van der Waals surface area contributed by atoms with Gasteiger partial charge in [-0.05, 0) is 18.4 Å². The molecule has 5 heterocycles. The minimum atomic E-state index is -0.556. The van der Waals surface area contributed by atoms with E-state index in [9.17, 15) is 19.2 Å². The van der Waals surface area contributed by atoms with Crippen molar-refractivity contribution in [1.29, 1.82) is 0 Å². The van der Waals surface area contributed by atoms with Gasteiger partial charge in [0.05, 0.1) is 11.2 Å². The van der Waals surface area contributed by atoms with E-state index in [4.69, 9.17) is 0 Å². The minimum Gasteiger partial charge on any atom is -0.315 e. The van der Waals surface area contributed by atoms with E-state index in [1.807, 2.05) is 17.5 Å². The van der Waals surface area contributed by atoms with Crippen molar-refractivity contribution < 1.29 is 4.79 Å². The van der Waals surface area contributed by atoms with E-state index in [-0.39, 0.29) is 35.0 Å². The lowest BCUT2D eigenvalue weighted by atomic mass is 10.3. The number of fused-ring (bicyclic) bond motifs is 1. The Bertz CT molecular complexity index is 1770. The van der Waals surface area contributed by atoms with Gasteiger partial charge in [-0.15, -0.1) is 11.3 Å². The third-order valence-electron chi connectivity index (χ3n) is 5.34. The number of nitrogens with one attached hydrogen (secondary N) is 2. The van der Waals surface area contributed by atoms with E-state index >= 15 is 0 Å². The summed E-state index contributed by atoms with van der Waals surface area (Å²) in [5.41, 5.74) is -0.0530. The van der Waals surface area contributed by atoms with Gasteiger partial charge >= 0.3 is 5.69 Å². The Balaban J connectivity index is 1.53. The maximum atomic E-state index is 13.0. The summed E-state index contributed by atoms with van der Waals surface area (Å²) in [7, 11) is 2.86. The van der Waals surface area contributed by atoms with Crippen molar-refractivity contribution in [2.45, 2.75) is 13.5 Å². The van der Waals surface area contributed by atoms with Gasteiger partial charge in [-0.2, -0.15) is 9.78 Å². The third-order valence-corrected chi connectivity index (χ3v) is 6.23. The van der Waals surface area contributed by atoms with Gasteiger partial charge in [-0.1, -0.05) is 6.07 Å². The molecule has 0 aliphatic rings. The van der Waals surface area contributed by atoms with Crippen LogP contribution in [-0.4, -0.2) is 44.3 Å². The first-order chi connectivity index (χ1) is 16.7. The van der Waals surface area contributed by atoms with E-state index in [2.05, 4.69) is 25.4 Å². The highest BCUT2D eigenvalue weighted by molar-refractivity contribution is 7.13. The highest BCUT2D eigenvalue weighted by Crippen LogP contribution is 2.27. The van der Waals surface area contributed by atoms with E-state index in [0.29, 0.717) is 11.4 Å². The molecule has 0 bridgehead atoms. The average Bonchev–Trinajstić information content (AvgIpc) is 3.55. The van der Waals surface area contributed by atoms with Crippen LogP contribution >= 0.6 is 11.3 Å². The van der Waals surface area contributed by atoms with Crippen molar-refractivity contribution in [3.05, 3.63) is 72.9 Å². The van der Waals surface area contributed by atoms with Gasteiger partial charge in [0.1, 0.15) is 18.1 Å². The average molecular weight is 494 g/mol. The number of carbonyl (C=O) groups is 1. The van der Waals surface area contributed by atoms with Gasteiger partial charge in [0.15, 0.2) is 11.2 Å². The summed E-state index contributed by atoms with van der Waals surface area (Å²) in [5, 5.41) is 9.19. The zero-order valence-corrected chi connectivity index (χ0v) is 19.7. The van der Waals surface area contributed by atoms with Gasteiger partial charge < -0.3 is 9.88 Å². The Morgan fingerprint density at radius 2 is 1.97 bits per heavy atom. The molecule has 5 aromatic rings. The lowest BCUT2D eigenvalue weighted by Gasteiger charge is -2.09. The second-order valence-corrected chi connectivity index (χ2v) is 8.76. The molecule has 0 unspecified atom stereocenters. The molecular weight excluding hydrogens is 474 g/mol. The van der Waals surface area contributed by atoms with E-state index in [1.165, 1.54) is 51.6 Å². The highest BCUT2D eigenvalue weighted by Gasteiger charge is 2.19. The predicted octanol–water partition coefficient (Wildman–Crippen LogP) is 0.378. The summed E-state index contributed by atoms with van der Waals surface area (Å²) >= 11 is 1.47. The van der Waals surface area contributed by atoms with Crippen molar-refractivity contribution >= 4 is 34.2 Å². The van der Waals surface area contributed by atoms with Crippen molar-refractivity contribution in [2.75, 3.05) is 5.32 Å². The molecule has 5 rings (SSSR count). The molecule has 35 heavy (non-hydrogen) atoms. The number of hydrogen-bond acceptors (Lipinski definition) is 8. The van der Waals surface area contributed by atoms with Crippen molar-refractivity contribution in [3.63, 3.8) is 0 Å². The van der Waals surface area contributed by atoms with Gasteiger partial charge in [-0.3, -0.25) is 28.5 Å². The van der Waals surface area contributed by atoms with Crippen LogP contribution in [0.15, 0.2) is 50.4 Å². The maximum Gasteiger partial charge on any atom is 0.332 e. The molecular formula is C21H19N9O4S. The maximum absolute atomic E-state index is 13.0. The van der Waals surface area contributed by atoms with Crippen molar-refractivity contribution in [2.24, 2.45) is 14.1 Å². The second kappa shape index (κ2) is 8.32. The molecule has 0 aliphatic heterocycles. The molecule has 0 spiro atoms. The number of rotatable bonds is 5. The molecule has 0 saturated heterocycles. The molecule has 2 N–H and O–H groups in total. The number of hydrogen-bond donors (Lipinski definition) is 2. The summed E-state index contributed by atoms with van der Waals surface area (Å²) in [6, 6.07) is 6.78. The first-order valence-corrected chi connectivity index (χ1v) is 11.2. The number of nitrogens with zero attached hydrogens (tertiary/aromatic N) is 7. The van der Waals surface area contributed by atoms with Crippen LogP contribution in [0.3, 0.4) is 0 Å². The number of aromatic nitrogens is 8. The number of imidazole rings is 1. The standard InChI is InChI=1S/C21H19N9O4S/c1-11-7-15(31)25-20(23-11)30-14(8-12(26-30)13-5-4-6-35-13)24-16(32)9-29-10-22-18-17(29)19(33)28(3)21(34)27(18)2/h4-8,10H,9H2,1-3H3,(H,24,32)(H,23,25,31). The lowest BCUT2D eigenvalue weighted by molar-refractivity contribution is -0.116. The molecule has 0 radical (unpaired) electrons. The van der Waals surface area contributed by atoms with Crippen LogP contribution in [-0.2, 0) is 25.4 Å². The Morgan fingerprint density at radius 3 is 2.69 bits per heavy atom. The predicted molar refractivity (Wildman–Crippen MR) is 129 cm³/mol. The third kappa shape index (κ3) is 3.89. The Morgan fingerprint density at radius 1 is 1.17 bits per heavy atom. The number of aromatic amines is 1. The van der Waals surface area contributed by atoms with Crippen LogP contribution in [0, 0.1) is 6.92 Å². The molecule has 1 amide bonds. The van der Waals surface area contributed by atoms with Crippen LogP contribution < -0.4 is 22.1 Å². The number of anilines is 1. The topological polar surface area (TPSA) is 154 Å². The smallest absolute Gasteiger partial charge is 0.315 e. The Kier molecular flexibility index (Phi) is 5.28. The fourth-order valence-corrected chi connectivity index (χ4v) is 4.38. The zero-order chi connectivity index (χ0) is 24.9. The number of H-pyrrole nitrogens is 1. The van der Waals surface area contributed by atoms with Gasteiger partial charge in [0, 0.05) is 31.9 Å². The van der Waals surface area contributed by atoms with Crippen LogP contribution in [0.2, 0.25) is 0 Å². The van der Waals surface area contributed by atoms with Crippen LogP contribution in [0.4, 0.5) is 5.82 Å². The summed E-state index contributed by atoms with van der Waals surface area (Å²) in [4.78, 5) is 61.8. The summed E-state index contributed by atoms with van der Waals surface area (Å²) in [5.74, 6) is -0.0592. The molecule has 0 saturated carbocycles. The summed E-state index contributed by atoms with van der Waals surface area (Å²) in [6.07, 6.45) is 1.33. The van der Waals surface area contributed by atoms with Crippen molar-refractivity contribution in [1.82, 2.24) is 38.4 Å². The van der Waals surface area contributed by atoms with Gasteiger partial charge in [0.25, 0.3) is 11.1 Å². The second-order valence-electron chi connectivity index (χ2n) is 7.81. The molecule has 178 valence electrons. The number of amides is 1. The molecule has 0 atom stereocenters. The Labute approximate surface area is 199 Å². The van der Waals surface area contributed by atoms with Gasteiger partial charge in [0.2, 0.25) is 11.9 Å². The highest BCUT2D eigenvalue weighted by atomic mass is 32.1. The summed E-state index contributed by atoms with van der Waals surface area (Å²) in [6.45, 7) is 1.43. The fourth-order valence-electron chi connectivity index (χ4n) is 3.69. The first-order valence-electron chi connectivity index (χ1n) is 10.4. The number of aryl methyl sites for hydroxylation is 2. The van der Waals surface area contributed by atoms with Crippen molar-refractivity contribution in [3.8, 4) is 16.5 Å². The Hall–Kier alpha value is -4.59.